The van der Waals surface area contributed by atoms with Crippen LogP contribution < -0.4 is 5.32 Å². The Bertz CT molecular complexity index is 103. The van der Waals surface area contributed by atoms with Crippen molar-refractivity contribution >= 4 is 50.1 Å². The van der Waals surface area contributed by atoms with E-state index in [0.717, 1.165) is 0 Å². The molecule has 0 aromatic heterocycles. The molecule has 0 aliphatic rings. The van der Waals surface area contributed by atoms with Crippen LogP contribution in [-0.4, -0.2) is 61.8 Å². The van der Waals surface area contributed by atoms with E-state index in [-0.39, 0.29) is 53.6 Å². The van der Waals surface area contributed by atoms with Crippen LogP contribution in [0.5, 0.6) is 0 Å². The second-order valence-electron chi connectivity index (χ2n) is 1.22. The molecule has 0 saturated heterocycles. The van der Waals surface area contributed by atoms with Crippen molar-refractivity contribution in [3.8, 4) is 0 Å². The minimum absolute atomic E-state index is 0. The van der Waals surface area contributed by atoms with Gasteiger partial charge in [-0.05, 0) is 0 Å². The Kier molecular flexibility index (Phi) is 10.9. The van der Waals surface area contributed by atoms with E-state index in [1.807, 2.05) is 0 Å². The molecule has 4 nitrogen and oxygen atoms in total. The van der Waals surface area contributed by atoms with Crippen LogP contribution in [0.1, 0.15) is 9.27 Å². The average molecular weight is 159 g/mol. The van der Waals surface area contributed by atoms with E-state index in [0.29, 0.717) is 6.41 Å². The summed E-state index contributed by atoms with van der Waals surface area (Å²) in [6.07, 6.45) is 0.460. The first-order valence-electron chi connectivity index (χ1n) is 2.16. The van der Waals surface area contributed by atoms with Crippen LogP contribution in [0.25, 0.3) is 0 Å². The fraction of sp³-hybridized carbons (Fsp3) is 0.500. The van der Waals surface area contributed by atoms with E-state index in [1.54, 1.807) is 0 Å². The van der Waals surface area contributed by atoms with Crippen LogP contribution in [0.15, 0.2) is 0 Å². The summed E-state index contributed by atoms with van der Waals surface area (Å²) < 4.78 is 0. The molecule has 0 heterocycles. The summed E-state index contributed by atoms with van der Waals surface area (Å²) in [6.45, 7) is 0.207. The summed E-state index contributed by atoms with van der Waals surface area (Å²) in [6, 6.07) is 0. The van der Waals surface area contributed by atoms with E-state index in [1.165, 1.54) is 0 Å². The maximum Gasteiger partial charge on any atom is 2.00 e. The molecule has 0 aliphatic carbocycles. The van der Waals surface area contributed by atoms with Gasteiger partial charge in [-0.3, -0.25) is 9.59 Å². The van der Waals surface area contributed by atoms with Crippen molar-refractivity contribution in [3.05, 3.63) is 0 Å². The van der Waals surface area contributed by atoms with Gasteiger partial charge in [-0.1, -0.05) is 0 Å². The third-order valence-corrected chi connectivity index (χ3v) is 0.567. The number of aliphatic carboxylic acids is 1. The molecule has 0 aromatic carbocycles. The molecular formula is C4H9CaNO3. The Morgan fingerprint density at radius 2 is 2.33 bits per heavy atom. The number of hydrogen-bond acceptors (Lipinski definition) is 2. The largest absolute Gasteiger partial charge is 2.00 e. The van der Waals surface area contributed by atoms with Crippen LogP contribution in [0.4, 0.5) is 0 Å². The molecule has 0 radical (unpaired) electrons. The first kappa shape index (κ1) is 11.9. The van der Waals surface area contributed by atoms with Crippen LogP contribution >= 0.6 is 0 Å². The number of carboxylic acid groups (broad SMARTS) is 1. The first-order chi connectivity index (χ1) is 3.77. The normalized spacial score (nSPS) is 7.11. The van der Waals surface area contributed by atoms with E-state index in [9.17, 15) is 9.59 Å². The van der Waals surface area contributed by atoms with Crippen molar-refractivity contribution in [2.45, 2.75) is 6.42 Å². The molecule has 1 amide bonds. The minimum Gasteiger partial charge on any atom is -1.00 e. The molecule has 2 N–H and O–H groups in total. The number of amides is 1. The van der Waals surface area contributed by atoms with Gasteiger partial charge in [-0.25, -0.2) is 0 Å². The number of carbonyl (C=O) groups is 2. The molecule has 0 fully saturated rings. The maximum absolute atomic E-state index is 9.72. The van der Waals surface area contributed by atoms with Crippen molar-refractivity contribution in [2.75, 3.05) is 6.54 Å². The molecule has 0 atom stereocenters. The van der Waals surface area contributed by atoms with Gasteiger partial charge >= 0.3 is 43.7 Å². The molecule has 50 valence electrons. The van der Waals surface area contributed by atoms with Gasteiger partial charge in [0.1, 0.15) is 0 Å². The second-order valence-corrected chi connectivity index (χ2v) is 1.22. The molecule has 5 heteroatoms. The van der Waals surface area contributed by atoms with Crippen molar-refractivity contribution in [1.29, 1.82) is 0 Å². The SMILES string of the molecule is O=CNCCC(=O)O.[Ca+2].[H-].[H-]. The van der Waals surface area contributed by atoms with Crippen molar-refractivity contribution in [2.24, 2.45) is 0 Å². The molecular weight excluding hydrogens is 150 g/mol. The van der Waals surface area contributed by atoms with E-state index >= 15 is 0 Å². The van der Waals surface area contributed by atoms with Gasteiger partial charge in [0.25, 0.3) is 0 Å². The summed E-state index contributed by atoms with van der Waals surface area (Å²) in [5.74, 6) is -0.903. The van der Waals surface area contributed by atoms with Crippen molar-refractivity contribution in [1.82, 2.24) is 5.32 Å². The number of nitrogens with one attached hydrogen (secondary N) is 1. The molecule has 0 unspecified atom stereocenters. The Morgan fingerprint density at radius 1 is 1.78 bits per heavy atom. The fourth-order valence-corrected chi connectivity index (χ4v) is 0.238. The number of hydrogen-bond donors (Lipinski definition) is 2. The van der Waals surface area contributed by atoms with E-state index in [2.05, 4.69) is 5.32 Å². The topological polar surface area (TPSA) is 66.4 Å². The standard InChI is InChI=1S/C4H7NO3.Ca.2H/c6-3-5-2-1-4(7)8;;;/h3H,1-2H2,(H,5,6)(H,7,8);;;/q;+2;2*-1. The van der Waals surface area contributed by atoms with Gasteiger partial charge in [0, 0.05) is 6.54 Å². The van der Waals surface area contributed by atoms with Crippen LogP contribution in [0.3, 0.4) is 0 Å². The molecule has 0 aromatic rings. The second kappa shape index (κ2) is 8.20. The predicted octanol–water partition coefficient (Wildman–Crippen LogP) is -0.949. The monoisotopic (exact) mass is 159 g/mol. The molecule has 0 aliphatic heterocycles. The summed E-state index contributed by atoms with van der Waals surface area (Å²) in [7, 11) is 0. The molecule has 0 bridgehead atoms. The van der Waals surface area contributed by atoms with Gasteiger partial charge in [-0.15, -0.1) is 0 Å². The Labute approximate surface area is 85.6 Å². The third kappa shape index (κ3) is 11.7. The van der Waals surface area contributed by atoms with Crippen molar-refractivity contribution in [3.63, 3.8) is 0 Å². The number of carboxylic acids is 1. The average Bonchev–Trinajstić information content (AvgIpc) is 1.66. The third-order valence-electron chi connectivity index (χ3n) is 0.567. The van der Waals surface area contributed by atoms with Crippen molar-refractivity contribution < 1.29 is 17.5 Å². The van der Waals surface area contributed by atoms with Gasteiger partial charge in [-0.2, -0.15) is 0 Å². The fourth-order valence-electron chi connectivity index (χ4n) is 0.238. The van der Waals surface area contributed by atoms with Gasteiger partial charge in [0.15, 0.2) is 0 Å². The zero-order chi connectivity index (χ0) is 6.41. The minimum atomic E-state index is -0.903. The smallest absolute Gasteiger partial charge is 1.00 e. The summed E-state index contributed by atoms with van der Waals surface area (Å²) in [4.78, 5) is 19.2. The van der Waals surface area contributed by atoms with E-state index in [4.69, 9.17) is 5.11 Å². The quantitative estimate of drug-likeness (QED) is 0.316. The Morgan fingerprint density at radius 3 is 2.67 bits per heavy atom. The van der Waals surface area contributed by atoms with Crippen LogP contribution in [0, 0.1) is 0 Å². The zero-order valence-electron chi connectivity index (χ0n) is 6.96. The molecule has 0 rings (SSSR count). The maximum atomic E-state index is 9.72. The summed E-state index contributed by atoms with van der Waals surface area (Å²) >= 11 is 0. The molecule has 0 saturated carbocycles. The zero-order valence-corrected chi connectivity index (χ0v) is 7.17. The number of rotatable bonds is 4. The first-order valence-corrected chi connectivity index (χ1v) is 2.16. The predicted molar refractivity (Wildman–Crippen MR) is 34.3 cm³/mol. The van der Waals surface area contributed by atoms with Gasteiger partial charge < -0.3 is 13.3 Å². The number of carbonyl (C=O) groups excluding carboxylic acids is 1. The Balaban J connectivity index is -0.0000000817. The van der Waals surface area contributed by atoms with Gasteiger partial charge in [0.05, 0.1) is 6.42 Å². The van der Waals surface area contributed by atoms with Crippen LogP contribution in [-0.2, 0) is 9.59 Å². The molecule has 0 spiro atoms. The van der Waals surface area contributed by atoms with Crippen LogP contribution in [0.2, 0.25) is 0 Å². The molecule has 9 heavy (non-hydrogen) atoms. The summed E-state index contributed by atoms with van der Waals surface area (Å²) in [5.41, 5.74) is 0. The van der Waals surface area contributed by atoms with E-state index < -0.39 is 5.97 Å². The Hall–Kier alpha value is 0.200. The van der Waals surface area contributed by atoms with Gasteiger partial charge in [0.2, 0.25) is 6.41 Å². The summed E-state index contributed by atoms with van der Waals surface area (Å²) in [5, 5.41) is 10.2.